The van der Waals surface area contributed by atoms with E-state index in [0.29, 0.717) is 12.8 Å². The van der Waals surface area contributed by atoms with E-state index in [0.717, 1.165) is 29.2 Å². The van der Waals surface area contributed by atoms with Crippen LogP contribution < -0.4 is 0 Å². The van der Waals surface area contributed by atoms with Crippen LogP contribution in [0.2, 0.25) is 0 Å². The number of fused-ring (bicyclic) bond motifs is 2. The second-order valence-corrected chi connectivity index (χ2v) is 15.3. The quantitative estimate of drug-likeness (QED) is 0.0721. The van der Waals surface area contributed by atoms with Gasteiger partial charge in [0.15, 0.2) is 28.8 Å². The average Bonchev–Trinajstić information content (AvgIpc) is 3.24. The molecular formula is C38H50O6. The summed E-state index contributed by atoms with van der Waals surface area (Å²) in [7, 11) is 0. The van der Waals surface area contributed by atoms with E-state index in [4.69, 9.17) is 0 Å². The van der Waals surface area contributed by atoms with Crippen molar-refractivity contribution < 1.29 is 29.7 Å². The van der Waals surface area contributed by atoms with Gasteiger partial charge in [0.2, 0.25) is 0 Å². The van der Waals surface area contributed by atoms with Crippen molar-refractivity contribution in [3.63, 3.8) is 0 Å². The molecular weight excluding hydrogens is 552 g/mol. The molecule has 2 bridgehead atoms. The minimum absolute atomic E-state index is 0.0290. The van der Waals surface area contributed by atoms with Gasteiger partial charge in [-0.1, -0.05) is 63.1 Å². The molecule has 1 aromatic rings. The fourth-order valence-electron chi connectivity index (χ4n) is 9.02. The van der Waals surface area contributed by atoms with E-state index < -0.39 is 50.5 Å². The minimum atomic E-state index is -1.60. The van der Waals surface area contributed by atoms with Crippen LogP contribution >= 0.6 is 0 Å². The second kappa shape index (κ2) is 11.2. The maximum absolute atomic E-state index is 15.5. The SMILES string of the molecule is C=C(C)C1CC[C@@H]([C@]23C[C@H](CC=C(C)C)C(C)(C)[C@](CC=C(C)C)(C(=O)/C(=C(/O)c4ccc(O)c(O)c4)C2=O)C3=O)C1(C)C. The van der Waals surface area contributed by atoms with E-state index in [1.54, 1.807) is 0 Å². The molecule has 0 spiro atoms. The van der Waals surface area contributed by atoms with Gasteiger partial charge in [-0.15, -0.1) is 0 Å². The minimum Gasteiger partial charge on any atom is -0.506 e. The molecule has 0 aromatic heterocycles. The molecule has 0 saturated heterocycles. The number of hydrogen-bond donors (Lipinski definition) is 3. The highest BCUT2D eigenvalue weighted by Crippen LogP contribution is 2.70. The van der Waals surface area contributed by atoms with Gasteiger partial charge >= 0.3 is 0 Å². The number of hydrogen-bond acceptors (Lipinski definition) is 6. The Balaban J connectivity index is 2.14. The van der Waals surface area contributed by atoms with Crippen LogP contribution in [0.5, 0.6) is 11.5 Å². The summed E-state index contributed by atoms with van der Waals surface area (Å²) in [6.45, 7) is 22.3. The van der Waals surface area contributed by atoms with Gasteiger partial charge < -0.3 is 15.3 Å². The fraction of sp³-hybridized carbons (Fsp3) is 0.553. The maximum atomic E-state index is 15.5. The molecule has 1 aromatic carbocycles. The Morgan fingerprint density at radius 3 is 2.05 bits per heavy atom. The number of aromatic hydroxyl groups is 2. The predicted octanol–water partition coefficient (Wildman–Crippen LogP) is 8.45. The molecule has 3 aliphatic rings. The van der Waals surface area contributed by atoms with Gasteiger partial charge in [0.1, 0.15) is 16.7 Å². The summed E-state index contributed by atoms with van der Waals surface area (Å²) in [5.74, 6) is -3.49. The smallest absolute Gasteiger partial charge is 0.184 e. The zero-order valence-electron chi connectivity index (χ0n) is 27.9. The van der Waals surface area contributed by atoms with Gasteiger partial charge in [0.05, 0.1) is 5.41 Å². The van der Waals surface area contributed by atoms with Crippen molar-refractivity contribution in [2.75, 3.05) is 0 Å². The fourth-order valence-corrected chi connectivity index (χ4v) is 9.02. The summed E-state index contributed by atoms with van der Waals surface area (Å²) in [5.41, 5.74) is -1.73. The van der Waals surface area contributed by atoms with E-state index in [1.165, 1.54) is 12.1 Å². The van der Waals surface area contributed by atoms with E-state index in [-0.39, 0.29) is 47.5 Å². The molecule has 4 rings (SSSR count). The topological polar surface area (TPSA) is 112 Å². The van der Waals surface area contributed by atoms with Crippen LogP contribution in [0.4, 0.5) is 0 Å². The first-order chi connectivity index (χ1) is 20.3. The number of Topliss-reactive ketones (excluding diaryl/α,β-unsaturated/α-hetero) is 3. The standard InChI is InChI=1S/C38H50O6/c1-21(2)11-13-25-20-37(29-16-14-26(23(5)6)35(29,7)8)32(42)30(31(41)24-12-15-27(39)28(40)19-24)33(43)38(34(37)44,36(25,9)10)18-17-22(3)4/h11-12,15,17,19,25-26,29,39-41H,5,13-14,16,18,20H2,1-4,6-10H3/b31-30+/t25-,26?,29+,37+,38+/m0/s1. The second-order valence-electron chi connectivity index (χ2n) is 15.3. The van der Waals surface area contributed by atoms with Crippen molar-refractivity contribution in [3.8, 4) is 11.5 Å². The Bertz CT molecular complexity index is 1510. The third-order valence-corrected chi connectivity index (χ3v) is 11.6. The zero-order valence-corrected chi connectivity index (χ0v) is 27.9. The Morgan fingerprint density at radius 1 is 0.909 bits per heavy atom. The highest BCUT2D eigenvalue weighted by atomic mass is 16.3. The van der Waals surface area contributed by atoms with Gasteiger partial charge in [-0.3, -0.25) is 14.4 Å². The summed E-state index contributed by atoms with van der Waals surface area (Å²) in [5, 5.41) is 31.9. The number of carbonyl (C=O) groups is 3. The lowest BCUT2D eigenvalue weighted by atomic mass is 9.36. The molecule has 1 unspecified atom stereocenters. The number of rotatable bonds is 7. The van der Waals surface area contributed by atoms with Crippen LogP contribution in [-0.2, 0) is 14.4 Å². The van der Waals surface area contributed by atoms with Crippen molar-refractivity contribution in [1.29, 1.82) is 0 Å². The maximum Gasteiger partial charge on any atom is 0.184 e. The number of aliphatic hydroxyl groups is 1. The summed E-state index contributed by atoms with van der Waals surface area (Å²) in [4.78, 5) is 45.6. The number of carbonyl (C=O) groups excluding carboxylic acids is 3. The van der Waals surface area contributed by atoms with Gasteiger partial charge in [0.25, 0.3) is 0 Å². The predicted molar refractivity (Wildman–Crippen MR) is 174 cm³/mol. The van der Waals surface area contributed by atoms with Crippen LogP contribution in [0.3, 0.4) is 0 Å². The molecule has 0 amide bonds. The molecule has 5 atom stereocenters. The van der Waals surface area contributed by atoms with E-state index in [2.05, 4.69) is 26.5 Å². The normalized spacial score (nSPS) is 31.8. The average molecular weight is 603 g/mol. The molecule has 44 heavy (non-hydrogen) atoms. The van der Waals surface area contributed by atoms with Gasteiger partial charge in [0, 0.05) is 5.56 Å². The Labute approximate surface area is 262 Å². The van der Waals surface area contributed by atoms with Crippen LogP contribution in [-0.4, -0.2) is 32.7 Å². The number of phenolic OH excluding ortho intramolecular Hbond substituents is 2. The number of allylic oxidation sites excluding steroid dienone is 6. The van der Waals surface area contributed by atoms with Crippen LogP contribution in [0.25, 0.3) is 5.76 Å². The van der Waals surface area contributed by atoms with Crippen molar-refractivity contribution in [2.24, 2.45) is 39.4 Å². The van der Waals surface area contributed by atoms with E-state index >= 15 is 14.4 Å². The van der Waals surface area contributed by atoms with Crippen LogP contribution in [0.1, 0.15) is 100.0 Å². The van der Waals surface area contributed by atoms with E-state index in [9.17, 15) is 15.3 Å². The lowest BCUT2D eigenvalue weighted by Gasteiger charge is -2.63. The van der Waals surface area contributed by atoms with Crippen molar-refractivity contribution in [2.45, 2.75) is 94.4 Å². The monoisotopic (exact) mass is 602 g/mol. The molecule has 0 heterocycles. The van der Waals surface area contributed by atoms with Gasteiger partial charge in [-0.05, 0) is 114 Å². The Morgan fingerprint density at radius 2 is 1.52 bits per heavy atom. The summed E-state index contributed by atoms with van der Waals surface area (Å²) < 4.78 is 0. The molecule has 6 heteroatoms. The third kappa shape index (κ3) is 4.71. The molecule has 0 aliphatic heterocycles. The molecule has 3 saturated carbocycles. The lowest BCUT2D eigenvalue weighted by molar-refractivity contribution is -0.184. The number of benzene rings is 1. The number of phenols is 2. The number of ketones is 3. The number of aliphatic hydroxyl groups excluding tert-OH is 1. The van der Waals surface area contributed by atoms with Gasteiger partial charge in [-0.25, -0.2) is 0 Å². The largest absolute Gasteiger partial charge is 0.506 e. The Kier molecular flexibility index (Phi) is 8.51. The van der Waals surface area contributed by atoms with Gasteiger partial charge in [-0.2, -0.15) is 0 Å². The van der Waals surface area contributed by atoms with Crippen molar-refractivity contribution in [1.82, 2.24) is 0 Å². The summed E-state index contributed by atoms with van der Waals surface area (Å²) in [6, 6.07) is 3.70. The molecule has 238 valence electrons. The molecule has 3 N–H and O–H groups in total. The molecule has 0 radical (unpaired) electrons. The molecule has 6 nitrogen and oxygen atoms in total. The third-order valence-electron chi connectivity index (χ3n) is 11.6. The van der Waals surface area contributed by atoms with Crippen molar-refractivity contribution in [3.05, 3.63) is 64.8 Å². The lowest BCUT2D eigenvalue weighted by Crippen LogP contribution is -2.72. The van der Waals surface area contributed by atoms with Crippen LogP contribution in [0.15, 0.2) is 59.2 Å². The summed E-state index contributed by atoms with van der Waals surface area (Å²) >= 11 is 0. The Hall–Kier alpha value is -3.41. The first-order valence-corrected chi connectivity index (χ1v) is 15.8. The summed E-state index contributed by atoms with van der Waals surface area (Å²) in [6.07, 6.45) is 6.48. The van der Waals surface area contributed by atoms with E-state index in [1.807, 2.05) is 54.5 Å². The van der Waals surface area contributed by atoms with Crippen molar-refractivity contribution >= 4 is 23.1 Å². The first kappa shape index (κ1) is 33.5. The first-order valence-electron chi connectivity index (χ1n) is 15.8. The molecule has 3 aliphatic carbocycles. The highest BCUT2D eigenvalue weighted by molar-refractivity contribution is 6.41. The van der Waals surface area contributed by atoms with Crippen LogP contribution in [0, 0.1) is 39.4 Å². The molecule has 3 fully saturated rings. The zero-order chi connectivity index (χ0) is 33.2. The highest BCUT2D eigenvalue weighted by Gasteiger charge is 2.77.